The van der Waals surface area contributed by atoms with E-state index in [1.165, 1.54) is 11.5 Å². The van der Waals surface area contributed by atoms with Gasteiger partial charge in [-0.05, 0) is 24.9 Å². The van der Waals surface area contributed by atoms with Gasteiger partial charge in [-0.1, -0.05) is 6.92 Å². The predicted octanol–water partition coefficient (Wildman–Crippen LogP) is 2.98. The lowest BCUT2D eigenvalue weighted by molar-refractivity contribution is 0.984. The molecule has 16 heavy (non-hydrogen) atoms. The van der Waals surface area contributed by atoms with E-state index in [0.717, 1.165) is 34.2 Å². The first-order valence-corrected chi connectivity index (χ1v) is 6.79. The quantitative estimate of drug-likeness (QED) is 0.880. The molecule has 0 fully saturated rings. The van der Waals surface area contributed by atoms with Crippen LogP contribution in [0.4, 0.5) is 10.8 Å². The fourth-order valence-electron chi connectivity index (χ4n) is 1.39. The van der Waals surface area contributed by atoms with Crippen molar-refractivity contribution in [3.8, 4) is 11.3 Å². The molecular formula is C10H14N4S2. The Labute approximate surface area is 103 Å². The molecule has 6 heteroatoms. The first-order valence-electron chi connectivity index (χ1n) is 5.14. The molecule has 0 amide bonds. The van der Waals surface area contributed by atoms with Crippen LogP contribution in [-0.2, 0) is 0 Å². The van der Waals surface area contributed by atoms with E-state index in [4.69, 9.17) is 5.73 Å². The average molecular weight is 254 g/mol. The van der Waals surface area contributed by atoms with Gasteiger partial charge >= 0.3 is 0 Å². The summed E-state index contributed by atoms with van der Waals surface area (Å²) in [5.74, 6) is 0.564. The van der Waals surface area contributed by atoms with E-state index in [0.29, 0.717) is 5.82 Å². The molecule has 0 atom stereocenters. The smallest absolute Gasteiger partial charge is 0.148 e. The van der Waals surface area contributed by atoms with E-state index in [1.54, 1.807) is 11.3 Å². The highest BCUT2D eigenvalue weighted by molar-refractivity contribution is 7.11. The summed E-state index contributed by atoms with van der Waals surface area (Å²) in [6.45, 7) is 5.05. The number of nitrogen functional groups attached to an aromatic ring is 1. The minimum atomic E-state index is 0.564. The van der Waals surface area contributed by atoms with Gasteiger partial charge in [0.1, 0.15) is 10.8 Å². The molecule has 0 unspecified atom stereocenters. The summed E-state index contributed by atoms with van der Waals surface area (Å²) < 4.78 is 4.18. The van der Waals surface area contributed by atoms with Gasteiger partial charge < -0.3 is 11.1 Å². The molecule has 0 aliphatic heterocycles. The van der Waals surface area contributed by atoms with Crippen LogP contribution in [0.25, 0.3) is 11.3 Å². The van der Waals surface area contributed by atoms with Crippen LogP contribution in [0.2, 0.25) is 0 Å². The van der Waals surface area contributed by atoms with E-state index in [-0.39, 0.29) is 0 Å². The molecule has 0 aliphatic carbocycles. The Morgan fingerprint density at radius 1 is 1.50 bits per heavy atom. The molecule has 4 nitrogen and oxygen atoms in total. The summed E-state index contributed by atoms with van der Waals surface area (Å²) in [5.41, 5.74) is 7.75. The van der Waals surface area contributed by atoms with Crippen molar-refractivity contribution in [1.82, 2.24) is 9.36 Å². The normalized spacial score (nSPS) is 10.6. The Morgan fingerprint density at radius 3 is 2.94 bits per heavy atom. The van der Waals surface area contributed by atoms with Gasteiger partial charge in [0.25, 0.3) is 0 Å². The average Bonchev–Trinajstić information content (AvgIpc) is 2.82. The molecule has 0 aliphatic rings. The topological polar surface area (TPSA) is 63.8 Å². The maximum atomic E-state index is 5.88. The molecule has 0 bridgehead atoms. The number of anilines is 2. The monoisotopic (exact) mass is 254 g/mol. The van der Waals surface area contributed by atoms with Crippen LogP contribution >= 0.6 is 22.9 Å². The molecule has 2 rings (SSSR count). The summed E-state index contributed by atoms with van der Waals surface area (Å²) in [6, 6.07) is 0. The number of thiazole rings is 1. The summed E-state index contributed by atoms with van der Waals surface area (Å²) in [7, 11) is 0. The van der Waals surface area contributed by atoms with E-state index in [1.807, 2.05) is 12.3 Å². The van der Waals surface area contributed by atoms with Crippen molar-refractivity contribution >= 4 is 33.7 Å². The van der Waals surface area contributed by atoms with Gasteiger partial charge in [-0.2, -0.15) is 4.37 Å². The molecule has 3 N–H and O–H groups in total. The van der Waals surface area contributed by atoms with E-state index >= 15 is 0 Å². The molecule has 0 radical (unpaired) electrons. The molecular weight excluding hydrogens is 240 g/mol. The van der Waals surface area contributed by atoms with Crippen LogP contribution in [0, 0.1) is 6.92 Å². The van der Waals surface area contributed by atoms with Crippen molar-refractivity contribution in [2.24, 2.45) is 0 Å². The lowest BCUT2D eigenvalue weighted by Gasteiger charge is -2.03. The Bertz CT molecular complexity index is 475. The van der Waals surface area contributed by atoms with Crippen molar-refractivity contribution in [1.29, 1.82) is 0 Å². The van der Waals surface area contributed by atoms with Crippen molar-refractivity contribution in [2.45, 2.75) is 20.3 Å². The number of nitrogens with one attached hydrogen (secondary N) is 1. The number of hydrogen-bond acceptors (Lipinski definition) is 6. The zero-order chi connectivity index (χ0) is 11.5. The summed E-state index contributed by atoms with van der Waals surface area (Å²) in [5, 5.41) is 7.41. The third-order valence-electron chi connectivity index (χ3n) is 2.13. The molecule has 2 aromatic rings. The van der Waals surface area contributed by atoms with Crippen LogP contribution in [-0.4, -0.2) is 15.9 Å². The van der Waals surface area contributed by atoms with Crippen molar-refractivity contribution in [2.75, 3.05) is 17.6 Å². The number of nitrogens with two attached hydrogens (primary N) is 1. The van der Waals surface area contributed by atoms with Crippen molar-refractivity contribution in [3.05, 3.63) is 10.4 Å². The zero-order valence-electron chi connectivity index (χ0n) is 9.28. The van der Waals surface area contributed by atoms with Gasteiger partial charge in [0.2, 0.25) is 0 Å². The third kappa shape index (κ3) is 2.17. The summed E-state index contributed by atoms with van der Waals surface area (Å²) >= 11 is 3.03. The first-order chi connectivity index (χ1) is 7.72. The van der Waals surface area contributed by atoms with Gasteiger partial charge in [0.05, 0.1) is 16.3 Å². The lowest BCUT2D eigenvalue weighted by atomic mass is 10.2. The Balaban J connectivity index is 2.35. The molecule has 0 spiro atoms. The van der Waals surface area contributed by atoms with Crippen LogP contribution in [0.3, 0.4) is 0 Å². The van der Waals surface area contributed by atoms with E-state index in [9.17, 15) is 0 Å². The van der Waals surface area contributed by atoms with Crippen LogP contribution in [0.5, 0.6) is 0 Å². The van der Waals surface area contributed by atoms with Gasteiger partial charge in [-0.3, -0.25) is 0 Å². The van der Waals surface area contributed by atoms with Crippen LogP contribution < -0.4 is 11.1 Å². The van der Waals surface area contributed by atoms with Crippen LogP contribution in [0.15, 0.2) is 5.38 Å². The highest BCUT2D eigenvalue weighted by Gasteiger charge is 2.15. The molecule has 0 aromatic carbocycles. The minimum Gasteiger partial charge on any atom is -0.382 e. The van der Waals surface area contributed by atoms with Gasteiger partial charge in [0.15, 0.2) is 0 Å². The minimum absolute atomic E-state index is 0.564. The second-order valence-electron chi connectivity index (χ2n) is 3.45. The molecule has 0 saturated carbocycles. The largest absolute Gasteiger partial charge is 0.382 e. The van der Waals surface area contributed by atoms with E-state index in [2.05, 4.69) is 21.6 Å². The molecule has 0 saturated heterocycles. The van der Waals surface area contributed by atoms with E-state index < -0.39 is 0 Å². The number of nitrogens with zero attached hydrogens (tertiary/aromatic N) is 2. The zero-order valence-corrected chi connectivity index (χ0v) is 10.9. The number of aryl methyl sites for hydroxylation is 1. The maximum Gasteiger partial charge on any atom is 0.148 e. The molecule has 86 valence electrons. The third-order valence-corrected chi connectivity index (χ3v) is 3.72. The number of rotatable bonds is 4. The lowest BCUT2D eigenvalue weighted by Crippen LogP contribution is -1.99. The second-order valence-corrected chi connectivity index (χ2v) is 5.29. The summed E-state index contributed by atoms with van der Waals surface area (Å²) in [6.07, 6.45) is 1.08. The number of aromatic nitrogens is 2. The molecule has 2 heterocycles. The van der Waals surface area contributed by atoms with Crippen molar-refractivity contribution < 1.29 is 0 Å². The first kappa shape index (κ1) is 11.3. The summed E-state index contributed by atoms with van der Waals surface area (Å²) in [4.78, 5) is 4.45. The van der Waals surface area contributed by atoms with Gasteiger partial charge in [0, 0.05) is 11.9 Å². The van der Waals surface area contributed by atoms with Crippen LogP contribution in [0.1, 0.15) is 18.4 Å². The van der Waals surface area contributed by atoms with Gasteiger partial charge in [-0.25, -0.2) is 4.98 Å². The highest BCUT2D eigenvalue weighted by Crippen LogP contribution is 2.36. The standard InChI is InChI=1S/C10H14N4S2/c1-3-4-12-10-8(9(11)14-16-10)7-5-15-6(2)13-7/h5,12H,3-4H2,1-2H3,(H2,11,14). The SMILES string of the molecule is CCCNc1snc(N)c1-c1csc(C)n1. The Hall–Kier alpha value is -1.14. The Kier molecular flexibility index (Phi) is 3.40. The fourth-order valence-corrected chi connectivity index (χ4v) is 2.74. The highest BCUT2D eigenvalue weighted by atomic mass is 32.1. The van der Waals surface area contributed by atoms with Gasteiger partial charge in [-0.15, -0.1) is 11.3 Å². The second kappa shape index (κ2) is 4.80. The molecule has 2 aromatic heterocycles. The number of hydrogen-bond donors (Lipinski definition) is 2. The fraction of sp³-hybridized carbons (Fsp3) is 0.400. The maximum absolute atomic E-state index is 5.88. The van der Waals surface area contributed by atoms with Crippen molar-refractivity contribution in [3.63, 3.8) is 0 Å². The predicted molar refractivity (Wildman–Crippen MR) is 71.2 cm³/mol. The Morgan fingerprint density at radius 2 is 2.31 bits per heavy atom.